The van der Waals surface area contributed by atoms with E-state index >= 15 is 0 Å². The summed E-state index contributed by atoms with van der Waals surface area (Å²) in [5.41, 5.74) is 1.19. The molecule has 21 heavy (non-hydrogen) atoms. The molecule has 0 spiro atoms. The molecule has 2 rings (SSSR count). The van der Waals surface area contributed by atoms with Crippen LogP contribution in [0.2, 0.25) is 0 Å². The highest BCUT2D eigenvalue weighted by Gasteiger charge is 2.29. The van der Waals surface area contributed by atoms with Crippen molar-refractivity contribution in [3.63, 3.8) is 0 Å². The Kier molecular flexibility index (Phi) is 5.47. The summed E-state index contributed by atoms with van der Waals surface area (Å²) in [5.74, 6) is -0.632. The van der Waals surface area contributed by atoms with Crippen molar-refractivity contribution >= 4 is 11.8 Å². The van der Waals surface area contributed by atoms with Crippen molar-refractivity contribution < 1.29 is 14.3 Å². The minimum atomic E-state index is -0.458. The lowest BCUT2D eigenvalue weighted by molar-refractivity contribution is -0.161. The van der Waals surface area contributed by atoms with E-state index in [0.717, 1.165) is 19.6 Å². The van der Waals surface area contributed by atoms with Crippen molar-refractivity contribution in [1.29, 1.82) is 0 Å². The number of hydrogen-bond donors (Lipinski definition) is 1. The lowest BCUT2D eigenvalue weighted by Gasteiger charge is -2.39. The van der Waals surface area contributed by atoms with Gasteiger partial charge >= 0.3 is 5.97 Å². The Morgan fingerprint density at radius 3 is 2.76 bits per heavy atom. The fourth-order valence-corrected chi connectivity index (χ4v) is 2.64. The van der Waals surface area contributed by atoms with Gasteiger partial charge in [-0.2, -0.15) is 0 Å². The number of ether oxygens (including phenoxy) is 1. The molecule has 1 aromatic carbocycles. The number of benzene rings is 1. The second kappa shape index (κ2) is 7.33. The van der Waals surface area contributed by atoms with Gasteiger partial charge in [0.15, 0.2) is 6.23 Å². The summed E-state index contributed by atoms with van der Waals surface area (Å²) in [5, 5.41) is 3.37. The maximum Gasteiger partial charge on any atom is 0.314 e. The van der Waals surface area contributed by atoms with E-state index in [2.05, 4.69) is 22.3 Å². The van der Waals surface area contributed by atoms with E-state index in [1.165, 1.54) is 12.5 Å². The van der Waals surface area contributed by atoms with Crippen molar-refractivity contribution in [3.8, 4) is 0 Å². The zero-order chi connectivity index (χ0) is 15.2. The number of esters is 1. The van der Waals surface area contributed by atoms with E-state index in [0.29, 0.717) is 0 Å². The minimum Gasteiger partial charge on any atom is -0.446 e. The Labute approximate surface area is 125 Å². The number of Topliss-reactive ketones (excluding diaryl/α,β-unsaturated/α-hetero) is 1. The molecular weight excluding hydrogens is 268 g/mol. The van der Waals surface area contributed by atoms with E-state index in [1.807, 2.05) is 25.1 Å². The topological polar surface area (TPSA) is 58.6 Å². The molecule has 1 saturated heterocycles. The molecule has 5 nitrogen and oxygen atoms in total. The van der Waals surface area contributed by atoms with Gasteiger partial charge in [-0.15, -0.1) is 0 Å². The quantitative estimate of drug-likeness (QED) is 0.658. The van der Waals surface area contributed by atoms with Crippen LogP contribution in [-0.2, 0) is 14.3 Å². The SMILES string of the molecule is CC(=O)CC(=O)OC(C)N1CCNCC1c1ccccc1. The summed E-state index contributed by atoms with van der Waals surface area (Å²) in [6, 6.07) is 10.3. The fourth-order valence-electron chi connectivity index (χ4n) is 2.64. The Bertz CT molecular complexity index is 490. The van der Waals surface area contributed by atoms with Gasteiger partial charge in [-0.25, -0.2) is 0 Å². The lowest BCUT2D eigenvalue weighted by atomic mass is 10.0. The second-order valence-corrected chi connectivity index (χ2v) is 5.34. The van der Waals surface area contributed by atoms with Gasteiger partial charge in [0.05, 0.1) is 6.04 Å². The Morgan fingerprint density at radius 2 is 2.10 bits per heavy atom. The minimum absolute atomic E-state index is 0.160. The van der Waals surface area contributed by atoms with Crippen molar-refractivity contribution in [1.82, 2.24) is 10.2 Å². The van der Waals surface area contributed by atoms with Crippen LogP contribution in [-0.4, -0.2) is 42.5 Å². The molecule has 1 aromatic rings. The largest absolute Gasteiger partial charge is 0.446 e. The average molecular weight is 290 g/mol. The molecule has 0 radical (unpaired) electrons. The number of nitrogens with zero attached hydrogens (tertiary/aromatic N) is 1. The van der Waals surface area contributed by atoms with E-state index in [1.54, 1.807) is 0 Å². The number of ketones is 1. The molecule has 2 atom stereocenters. The molecule has 1 N–H and O–H groups in total. The number of carbonyl (C=O) groups excluding carboxylic acids is 2. The third kappa shape index (κ3) is 4.37. The van der Waals surface area contributed by atoms with Crippen molar-refractivity contribution in [2.75, 3.05) is 19.6 Å². The molecule has 5 heteroatoms. The molecule has 0 saturated carbocycles. The summed E-state index contributed by atoms with van der Waals surface area (Å²) in [4.78, 5) is 24.8. The normalized spacial score (nSPS) is 20.8. The summed E-state index contributed by atoms with van der Waals surface area (Å²) in [6.45, 7) is 5.73. The van der Waals surface area contributed by atoms with Gasteiger partial charge in [-0.3, -0.25) is 14.5 Å². The van der Waals surface area contributed by atoms with E-state index in [9.17, 15) is 9.59 Å². The summed E-state index contributed by atoms with van der Waals surface area (Å²) >= 11 is 0. The molecule has 0 aliphatic carbocycles. The zero-order valence-corrected chi connectivity index (χ0v) is 12.5. The second-order valence-electron chi connectivity index (χ2n) is 5.34. The van der Waals surface area contributed by atoms with Crippen LogP contribution >= 0.6 is 0 Å². The highest BCUT2D eigenvalue weighted by molar-refractivity contribution is 5.94. The molecule has 1 aliphatic heterocycles. The van der Waals surface area contributed by atoms with Crippen LogP contribution in [0.5, 0.6) is 0 Å². The molecular formula is C16H22N2O3. The molecule has 1 heterocycles. The highest BCUT2D eigenvalue weighted by Crippen LogP contribution is 2.24. The van der Waals surface area contributed by atoms with E-state index in [-0.39, 0.29) is 24.5 Å². The van der Waals surface area contributed by atoms with Crippen molar-refractivity contribution in [2.24, 2.45) is 0 Å². The standard InChI is InChI=1S/C16H22N2O3/c1-12(19)10-16(20)21-13(2)18-9-8-17-11-15(18)14-6-4-3-5-7-14/h3-7,13,15,17H,8-11H2,1-2H3. The highest BCUT2D eigenvalue weighted by atomic mass is 16.6. The van der Waals surface area contributed by atoms with Crippen LogP contribution < -0.4 is 5.32 Å². The first-order valence-corrected chi connectivity index (χ1v) is 7.28. The van der Waals surface area contributed by atoms with E-state index in [4.69, 9.17) is 4.74 Å². The lowest BCUT2D eigenvalue weighted by Crippen LogP contribution is -2.50. The van der Waals surface area contributed by atoms with Gasteiger partial charge in [-0.05, 0) is 19.4 Å². The van der Waals surface area contributed by atoms with Crippen LogP contribution in [0.4, 0.5) is 0 Å². The van der Waals surface area contributed by atoms with Crippen LogP contribution in [0, 0.1) is 0 Å². The monoisotopic (exact) mass is 290 g/mol. The van der Waals surface area contributed by atoms with Gasteiger partial charge in [-0.1, -0.05) is 30.3 Å². The molecule has 114 valence electrons. The third-order valence-electron chi connectivity index (χ3n) is 3.63. The maximum absolute atomic E-state index is 11.7. The summed E-state index contributed by atoms with van der Waals surface area (Å²) in [7, 11) is 0. The van der Waals surface area contributed by atoms with Crippen molar-refractivity contribution in [2.45, 2.75) is 32.5 Å². The molecule has 0 amide bonds. The van der Waals surface area contributed by atoms with Crippen LogP contribution in [0.3, 0.4) is 0 Å². The average Bonchev–Trinajstić information content (AvgIpc) is 2.47. The van der Waals surface area contributed by atoms with Gasteiger partial charge in [0.1, 0.15) is 12.2 Å². The van der Waals surface area contributed by atoms with Gasteiger partial charge in [0.2, 0.25) is 0 Å². The number of hydrogen-bond acceptors (Lipinski definition) is 5. The summed E-state index contributed by atoms with van der Waals surface area (Å²) < 4.78 is 5.39. The molecule has 2 unspecified atom stereocenters. The predicted molar refractivity (Wildman–Crippen MR) is 79.6 cm³/mol. The third-order valence-corrected chi connectivity index (χ3v) is 3.63. The first-order valence-electron chi connectivity index (χ1n) is 7.28. The first kappa shape index (κ1) is 15.7. The summed E-state index contributed by atoms with van der Waals surface area (Å²) in [6.07, 6.45) is -0.504. The number of nitrogens with one attached hydrogen (secondary N) is 1. The molecule has 1 aliphatic rings. The van der Waals surface area contributed by atoms with Crippen molar-refractivity contribution in [3.05, 3.63) is 35.9 Å². The van der Waals surface area contributed by atoms with Crippen LogP contribution in [0.1, 0.15) is 31.9 Å². The number of rotatable bonds is 5. The molecule has 0 bridgehead atoms. The smallest absolute Gasteiger partial charge is 0.314 e. The Morgan fingerprint density at radius 1 is 1.38 bits per heavy atom. The zero-order valence-electron chi connectivity index (χ0n) is 12.5. The van der Waals surface area contributed by atoms with E-state index < -0.39 is 5.97 Å². The van der Waals surface area contributed by atoms with Gasteiger partial charge in [0, 0.05) is 19.6 Å². The van der Waals surface area contributed by atoms with Gasteiger partial charge < -0.3 is 10.1 Å². The molecule has 1 fully saturated rings. The predicted octanol–water partition coefficient (Wildman–Crippen LogP) is 1.50. The first-order chi connectivity index (χ1) is 10.1. The number of piperazine rings is 1. The van der Waals surface area contributed by atoms with Crippen LogP contribution in [0.15, 0.2) is 30.3 Å². The number of carbonyl (C=O) groups is 2. The molecule has 0 aromatic heterocycles. The van der Waals surface area contributed by atoms with Gasteiger partial charge in [0.25, 0.3) is 0 Å². The Hall–Kier alpha value is -1.72. The van der Waals surface area contributed by atoms with Crippen LogP contribution in [0.25, 0.3) is 0 Å². The fraction of sp³-hybridized carbons (Fsp3) is 0.500. The maximum atomic E-state index is 11.7. The Balaban J connectivity index is 2.04.